The van der Waals surface area contributed by atoms with Crippen molar-refractivity contribution >= 4 is 32.8 Å². The van der Waals surface area contributed by atoms with Crippen LogP contribution in [0.5, 0.6) is 0 Å². The monoisotopic (exact) mass is 656 g/mol. The van der Waals surface area contributed by atoms with E-state index in [1.807, 2.05) is 85.8 Å². The molecule has 4 heterocycles. The number of aryl methyl sites for hydroxylation is 1. The molecular formula is C32H21IrN3O-2. The summed E-state index contributed by atoms with van der Waals surface area (Å²) in [7, 11) is 0. The van der Waals surface area contributed by atoms with Crippen LogP contribution in [0.3, 0.4) is 0 Å². The molecule has 0 spiro atoms. The van der Waals surface area contributed by atoms with E-state index in [2.05, 4.69) is 45.3 Å². The minimum atomic E-state index is 0. The average molecular weight is 656 g/mol. The maximum Gasteiger partial charge on any atom is 0.130 e. The number of fused-ring (bicyclic) bond motifs is 5. The summed E-state index contributed by atoms with van der Waals surface area (Å²) in [5.74, 6) is 0. The van der Waals surface area contributed by atoms with Gasteiger partial charge in [0.15, 0.2) is 0 Å². The molecule has 0 saturated heterocycles. The van der Waals surface area contributed by atoms with E-state index in [1.54, 1.807) is 12.4 Å². The summed E-state index contributed by atoms with van der Waals surface area (Å²) < 4.78 is 6.28. The Morgan fingerprint density at radius 1 is 0.622 bits per heavy atom. The van der Waals surface area contributed by atoms with Crippen molar-refractivity contribution in [3.05, 3.63) is 127 Å². The average Bonchev–Trinajstić information content (AvgIpc) is 3.34. The quantitative estimate of drug-likeness (QED) is 0.178. The molecule has 3 aromatic carbocycles. The Balaban J connectivity index is 0.000000183. The van der Waals surface area contributed by atoms with Crippen LogP contribution in [0.2, 0.25) is 0 Å². The Hall–Kier alpha value is -4.18. The van der Waals surface area contributed by atoms with Crippen LogP contribution < -0.4 is 0 Å². The van der Waals surface area contributed by atoms with Crippen LogP contribution in [-0.2, 0) is 20.1 Å². The fraction of sp³-hybridized carbons (Fsp3) is 0.0312. The van der Waals surface area contributed by atoms with Crippen LogP contribution in [0.15, 0.2) is 114 Å². The van der Waals surface area contributed by atoms with Gasteiger partial charge in [-0.3, -0.25) is 4.98 Å². The van der Waals surface area contributed by atoms with Crippen molar-refractivity contribution < 1.29 is 24.5 Å². The van der Waals surface area contributed by atoms with Gasteiger partial charge in [0.2, 0.25) is 0 Å². The third kappa shape index (κ3) is 4.92. The van der Waals surface area contributed by atoms with E-state index in [4.69, 9.17) is 4.42 Å². The summed E-state index contributed by atoms with van der Waals surface area (Å²) in [6.45, 7) is 2.00. The molecule has 0 unspecified atom stereocenters. The first kappa shape index (κ1) is 24.5. The standard InChI is InChI=1S/C21H13N2O.C11H8N.Ir/c1-13-8-9-17-19(23-13)11-10-15-14-5-4-6-16(20(14)24-21(15)17)18-7-2-3-12-22-18;1-2-6-10(7-3-1)11-8-4-5-9-12-11;/h2-5,7-12H,1H3;1-6,8-9H;/q2*-1;. The van der Waals surface area contributed by atoms with E-state index in [0.29, 0.717) is 0 Å². The van der Waals surface area contributed by atoms with Crippen LogP contribution >= 0.6 is 0 Å². The van der Waals surface area contributed by atoms with Crippen molar-refractivity contribution in [2.45, 2.75) is 6.92 Å². The Morgan fingerprint density at radius 2 is 1.35 bits per heavy atom. The van der Waals surface area contributed by atoms with Gasteiger partial charge < -0.3 is 14.4 Å². The molecule has 37 heavy (non-hydrogen) atoms. The molecule has 0 N–H and O–H groups in total. The number of benzene rings is 3. The third-order valence-electron chi connectivity index (χ3n) is 5.98. The van der Waals surface area contributed by atoms with Crippen molar-refractivity contribution in [3.63, 3.8) is 0 Å². The molecule has 1 radical (unpaired) electrons. The Labute approximate surface area is 228 Å². The van der Waals surface area contributed by atoms with Gasteiger partial charge in [-0.25, -0.2) is 0 Å². The Bertz CT molecular complexity index is 1750. The van der Waals surface area contributed by atoms with E-state index < -0.39 is 0 Å². The molecule has 0 atom stereocenters. The first-order valence-corrected chi connectivity index (χ1v) is 11.7. The van der Waals surface area contributed by atoms with Crippen molar-refractivity contribution in [2.24, 2.45) is 0 Å². The van der Waals surface area contributed by atoms with E-state index >= 15 is 0 Å². The minimum Gasteiger partial charge on any atom is -0.500 e. The third-order valence-corrected chi connectivity index (χ3v) is 5.98. The summed E-state index contributed by atoms with van der Waals surface area (Å²) >= 11 is 0. The summed E-state index contributed by atoms with van der Waals surface area (Å²) in [6, 6.07) is 38.1. The van der Waals surface area contributed by atoms with Gasteiger partial charge >= 0.3 is 0 Å². The molecule has 0 fully saturated rings. The largest absolute Gasteiger partial charge is 0.500 e. The van der Waals surface area contributed by atoms with Gasteiger partial charge in [0, 0.05) is 49.0 Å². The van der Waals surface area contributed by atoms with E-state index in [1.165, 1.54) is 0 Å². The van der Waals surface area contributed by atoms with Crippen LogP contribution in [0.1, 0.15) is 5.69 Å². The molecule has 7 aromatic rings. The van der Waals surface area contributed by atoms with Crippen molar-refractivity contribution in [3.8, 4) is 22.5 Å². The fourth-order valence-electron chi connectivity index (χ4n) is 4.28. The van der Waals surface area contributed by atoms with Gasteiger partial charge in [-0.15, -0.1) is 54.1 Å². The first-order valence-electron chi connectivity index (χ1n) is 11.7. The Kier molecular flexibility index (Phi) is 7.18. The fourth-order valence-corrected chi connectivity index (χ4v) is 4.28. The first-order chi connectivity index (χ1) is 17.8. The summed E-state index contributed by atoms with van der Waals surface area (Å²) in [5, 5.41) is 3.20. The van der Waals surface area contributed by atoms with E-state index in [0.717, 1.165) is 61.1 Å². The number of furan rings is 1. The SMILES string of the molecule is Cc1ccc2c(ccc3c4cc[c-]c(-c5ccccn5)c4oc23)n1.[Ir].[c-]1ccccc1-c1ccccn1. The van der Waals surface area contributed by atoms with Crippen LogP contribution in [0.4, 0.5) is 0 Å². The molecule has 7 rings (SSSR count). The molecule has 0 aliphatic rings. The number of aromatic nitrogens is 3. The normalized spacial score (nSPS) is 10.6. The maximum atomic E-state index is 6.28. The van der Waals surface area contributed by atoms with Gasteiger partial charge in [-0.05, 0) is 54.7 Å². The zero-order valence-electron chi connectivity index (χ0n) is 20.0. The van der Waals surface area contributed by atoms with E-state index in [-0.39, 0.29) is 20.1 Å². The molecule has 0 bridgehead atoms. The van der Waals surface area contributed by atoms with Crippen LogP contribution in [0, 0.1) is 19.1 Å². The molecular weight excluding hydrogens is 635 g/mol. The zero-order valence-corrected chi connectivity index (χ0v) is 22.4. The topological polar surface area (TPSA) is 51.8 Å². The van der Waals surface area contributed by atoms with Gasteiger partial charge in [0.05, 0.1) is 11.1 Å². The molecule has 0 aliphatic carbocycles. The predicted octanol–water partition coefficient (Wildman–Crippen LogP) is 7.85. The van der Waals surface area contributed by atoms with Gasteiger partial charge in [-0.2, -0.15) is 0 Å². The number of pyridine rings is 3. The molecule has 181 valence electrons. The molecule has 4 aromatic heterocycles. The molecule has 0 aliphatic heterocycles. The second-order valence-electron chi connectivity index (χ2n) is 8.37. The number of rotatable bonds is 2. The van der Waals surface area contributed by atoms with E-state index in [9.17, 15) is 0 Å². The summed E-state index contributed by atoms with van der Waals surface area (Å²) in [4.78, 5) is 13.3. The van der Waals surface area contributed by atoms with Crippen molar-refractivity contribution in [1.82, 2.24) is 15.0 Å². The molecule has 0 saturated carbocycles. The zero-order chi connectivity index (χ0) is 24.3. The smallest absolute Gasteiger partial charge is 0.130 e. The van der Waals surface area contributed by atoms with Crippen molar-refractivity contribution in [2.75, 3.05) is 0 Å². The molecule has 5 heteroatoms. The summed E-state index contributed by atoms with van der Waals surface area (Å²) in [5.41, 5.74) is 7.39. The maximum absolute atomic E-state index is 6.28. The minimum absolute atomic E-state index is 0. The van der Waals surface area contributed by atoms with Crippen molar-refractivity contribution in [1.29, 1.82) is 0 Å². The molecule has 4 nitrogen and oxygen atoms in total. The predicted molar refractivity (Wildman–Crippen MR) is 144 cm³/mol. The number of hydrogen-bond donors (Lipinski definition) is 0. The van der Waals surface area contributed by atoms with Gasteiger partial charge in [-0.1, -0.05) is 35.2 Å². The molecule has 0 amide bonds. The second kappa shape index (κ2) is 10.8. The second-order valence-corrected chi connectivity index (χ2v) is 8.37. The Morgan fingerprint density at radius 3 is 2.08 bits per heavy atom. The number of nitrogens with zero attached hydrogens (tertiary/aromatic N) is 3. The van der Waals surface area contributed by atoms with Gasteiger partial charge in [0.1, 0.15) is 5.58 Å². The van der Waals surface area contributed by atoms with Crippen LogP contribution in [-0.4, -0.2) is 15.0 Å². The number of hydrogen-bond acceptors (Lipinski definition) is 4. The van der Waals surface area contributed by atoms with Crippen LogP contribution in [0.25, 0.3) is 55.4 Å². The van der Waals surface area contributed by atoms with Gasteiger partial charge in [0.25, 0.3) is 0 Å². The summed E-state index contributed by atoms with van der Waals surface area (Å²) in [6.07, 6.45) is 3.57.